The van der Waals surface area contributed by atoms with Crippen molar-refractivity contribution in [2.45, 2.75) is 46.7 Å². The summed E-state index contributed by atoms with van der Waals surface area (Å²) >= 11 is 0. The summed E-state index contributed by atoms with van der Waals surface area (Å²) in [4.78, 5) is 44.7. The molecule has 174 valence electrons. The fourth-order valence-corrected chi connectivity index (χ4v) is 3.65. The third-order valence-corrected chi connectivity index (χ3v) is 5.51. The summed E-state index contributed by atoms with van der Waals surface area (Å²) in [6.45, 7) is 6.70. The second-order valence-electron chi connectivity index (χ2n) is 7.93. The van der Waals surface area contributed by atoms with E-state index in [1.165, 1.54) is 0 Å². The van der Waals surface area contributed by atoms with Crippen molar-refractivity contribution in [1.82, 2.24) is 25.7 Å². The summed E-state index contributed by atoms with van der Waals surface area (Å²) in [5, 5.41) is 15.5. The summed E-state index contributed by atoms with van der Waals surface area (Å²) in [5.41, 5.74) is 7.72. The molecule has 2 aromatic heterocycles. The highest BCUT2D eigenvalue weighted by Crippen LogP contribution is 2.21. The first-order valence-electron chi connectivity index (χ1n) is 10.6. The Morgan fingerprint density at radius 2 is 2.00 bits per heavy atom. The van der Waals surface area contributed by atoms with Crippen LogP contribution in [0.4, 0.5) is 10.6 Å². The Labute approximate surface area is 192 Å². The molecular formula is C23H28N6O4. The monoisotopic (exact) mass is 452 g/mol. The van der Waals surface area contributed by atoms with Gasteiger partial charge in [-0.05, 0) is 56.0 Å². The number of nitrogens with one attached hydrogen (secondary N) is 3. The molecule has 0 saturated heterocycles. The summed E-state index contributed by atoms with van der Waals surface area (Å²) in [6, 6.07) is 5.38. The van der Waals surface area contributed by atoms with Gasteiger partial charge in [0.15, 0.2) is 0 Å². The molecule has 10 nitrogen and oxygen atoms in total. The number of aryl methyl sites for hydroxylation is 2. The van der Waals surface area contributed by atoms with Gasteiger partial charge < -0.3 is 10.4 Å². The predicted molar refractivity (Wildman–Crippen MR) is 122 cm³/mol. The highest BCUT2D eigenvalue weighted by molar-refractivity contribution is 5.99. The second-order valence-corrected chi connectivity index (χ2v) is 7.93. The molecule has 4 N–H and O–H groups in total. The van der Waals surface area contributed by atoms with Crippen molar-refractivity contribution in [3.63, 3.8) is 0 Å². The molecule has 0 fully saturated rings. The lowest BCUT2D eigenvalue weighted by Crippen LogP contribution is -2.46. The van der Waals surface area contributed by atoms with Crippen LogP contribution in [0, 0.1) is 13.8 Å². The van der Waals surface area contributed by atoms with E-state index < -0.39 is 6.09 Å². The van der Waals surface area contributed by atoms with E-state index in [2.05, 4.69) is 26.0 Å². The lowest BCUT2D eigenvalue weighted by Gasteiger charge is -2.30. The SMILES string of the molecule is CC1=C(CC(=O)NCc2c(C)cc(NC(=O)O)nc2C)C(=O)N(NCc2cccnc2)CC1. The highest BCUT2D eigenvalue weighted by atomic mass is 16.4. The molecule has 0 aliphatic carbocycles. The molecule has 3 amide bonds. The molecule has 0 radical (unpaired) electrons. The van der Waals surface area contributed by atoms with Crippen molar-refractivity contribution in [2.75, 3.05) is 11.9 Å². The third-order valence-electron chi connectivity index (χ3n) is 5.51. The van der Waals surface area contributed by atoms with Crippen LogP contribution < -0.4 is 16.1 Å². The number of hydrazine groups is 1. The first-order valence-corrected chi connectivity index (χ1v) is 10.6. The van der Waals surface area contributed by atoms with Gasteiger partial charge in [-0.3, -0.25) is 24.9 Å². The number of pyridine rings is 2. The second kappa shape index (κ2) is 10.7. The van der Waals surface area contributed by atoms with Crippen LogP contribution >= 0.6 is 0 Å². The maximum Gasteiger partial charge on any atom is 0.410 e. The Hall–Kier alpha value is -3.79. The summed E-state index contributed by atoms with van der Waals surface area (Å²) in [7, 11) is 0. The summed E-state index contributed by atoms with van der Waals surface area (Å²) in [5.74, 6) is -0.228. The lowest BCUT2D eigenvalue weighted by molar-refractivity contribution is -0.132. The molecular weight excluding hydrogens is 424 g/mol. The molecule has 0 bridgehead atoms. The highest BCUT2D eigenvalue weighted by Gasteiger charge is 2.26. The van der Waals surface area contributed by atoms with Crippen molar-refractivity contribution < 1.29 is 19.5 Å². The Kier molecular flexibility index (Phi) is 7.73. The average Bonchev–Trinajstić information content (AvgIpc) is 2.76. The molecule has 0 spiro atoms. The number of rotatable bonds is 8. The number of carbonyl (C=O) groups is 3. The van der Waals surface area contributed by atoms with Gasteiger partial charge in [0, 0.05) is 43.3 Å². The van der Waals surface area contributed by atoms with Crippen LogP contribution in [0.15, 0.2) is 41.7 Å². The zero-order valence-electron chi connectivity index (χ0n) is 18.9. The van der Waals surface area contributed by atoms with Gasteiger partial charge in [-0.15, -0.1) is 0 Å². The first kappa shape index (κ1) is 23.9. The fourth-order valence-electron chi connectivity index (χ4n) is 3.65. The molecule has 33 heavy (non-hydrogen) atoms. The minimum absolute atomic E-state index is 0.0140. The van der Waals surface area contributed by atoms with E-state index in [1.54, 1.807) is 30.4 Å². The van der Waals surface area contributed by atoms with E-state index in [9.17, 15) is 14.4 Å². The van der Waals surface area contributed by atoms with E-state index >= 15 is 0 Å². The number of hydrogen-bond acceptors (Lipinski definition) is 6. The first-order chi connectivity index (χ1) is 15.7. The van der Waals surface area contributed by atoms with Crippen molar-refractivity contribution in [1.29, 1.82) is 0 Å². The lowest BCUT2D eigenvalue weighted by atomic mass is 9.98. The van der Waals surface area contributed by atoms with E-state index in [-0.39, 0.29) is 30.6 Å². The van der Waals surface area contributed by atoms with Crippen LogP contribution in [0.2, 0.25) is 0 Å². The number of aromatic nitrogens is 2. The van der Waals surface area contributed by atoms with Crippen molar-refractivity contribution in [2.24, 2.45) is 0 Å². The largest absolute Gasteiger partial charge is 0.465 e. The number of anilines is 1. The van der Waals surface area contributed by atoms with Gasteiger partial charge in [0.2, 0.25) is 5.91 Å². The average molecular weight is 453 g/mol. The number of carboxylic acid groups (broad SMARTS) is 1. The fraction of sp³-hybridized carbons (Fsp3) is 0.348. The van der Waals surface area contributed by atoms with Gasteiger partial charge in [-0.2, -0.15) is 0 Å². The molecule has 0 aromatic carbocycles. The van der Waals surface area contributed by atoms with Gasteiger partial charge in [-0.25, -0.2) is 15.2 Å². The maximum atomic E-state index is 12.9. The smallest absolute Gasteiger partial charge is 0.410 e. The van der Waals surface area contributed by atoms with Crippen molar-refractivity contribution in [3.05, 3.63) is 64.1 Å². The van der Waals surface area contributed by atoms with Crippen molar-refractivity contribution >= 4 is 23.7 Å². The third kappa shape index (κ3) is 6.36. The predicted octanol–water partition coefficient (Wildman–Crippen LogP) is 2.44. The van der Waals surface area contributed by atoms with Gasteiger partial charge >= 0.3 is 6.09 Å². The van der Waals surface area contributed by atoms with E-state index in [0.29, 0.717) is 30.8 Å². The van der Waals surface area contributed by atoms with Gasteiger partial charge in [0.25, 0.3) is 5.91 Å². The summed E-state index contributed by atoms with van der Waals surface area (Å²) < 4.78 is 0. The Bertz CT molecular complexity index is 1060. The molecule has 3 rings (SSSR count). The number of nitrogens with zero attached hydrogens (tertiary/aromatic N) is 3. The Morgan fingerprint density at radius 3 is 2.67 bits per heavy atom. The van der Waals surface area contributed by atoms with Gasteiger partial charge in [0.05, 0.1) is 6.42 Å². The van der Waals surface area contributed by atoms with Crippen LogP contribution in [0.3, 0.4) is 0 Å². The summed E-state index contributed by atoms with van der Waals surface area (Å²) in [6.07, 6.45) is 2.92. The molecule has 0 atom stereocenters. The van der Waals surface area contributed by atoms with E-state index in [4.69, 9.17) is 5.11 Å². The Balaban J connectivity index is 1.59. The normalized spacial score (nSPS) is 13.8. The van der Waals surface area contributed by atoms with Crippen LogP contribution in [-0.2, 0) is 22.7 Å². The zero-order chi connectivity index (χ0) is 24.0. The van der Waals surface area contributed by atoms with Crippen LogP contribution in [-0.4, -0.2) is 44.5 Å². The van der Waals surface area contributed by atoms with Crippen LogP contribution in [0.1, 0.15) is 42.1 Å². The molecule has 1 aliphatic rings. The van der Waals surface area contributed by atoms with E-state index in [0.717, 1.165) is 22.3 Å². The molecule has 0 saturated carbocycles. The minimum Gasteiger partial charge on any atom is -0.465 e. The molecule has 10 heteroatoms. The standard InChI is InChI=1S/C23H28N6O4/c1-14-6-8-29(26-12-17-5-4-7-24-11-17)22(31)18(14)10-21(30)25-13-19-15(2)9-20(27-16(19)3)28-23(32)33/h4-5,7,9,11,26H,6,8,10,12-13H2,1-3H3,(H,25,30)(H,27,28)(H,32,33). The molecule has 0 unspecified atom stereocenters. The van der Waals surface area contributed by atoms with Gasteiger partial charge in [0.1, 0.15) is 5.82 Å². The quantitative estimate of drug-likeness (QED) is 0.483. The zero-order valence-corrected chi connectivity index (χ0v) is 18.9. The van der Waals surface area contributed by atoms with Crippen LogP contribution in [0.25, 0.3) is 0 Å². The number of amides is 3. The number of hydrogen-bond donors (Lipinski definition) is 4. The Morgan fingerprint density at radius 1 is 1.21 bits per heavy atom. The molecule has 1 aliphatic heterocycles. The topological polar surface area (TPSA) is 137 Å². The number of carbonyl (C=O) groups excluding carboxylic acids is 2. The maximum absolute atomic E-state index is 12.9. The minimum atomic E-state index is -1.19. The molecule has 3 heterocycles. The molecule has 2 aromatic rings. The van der Waals surface area contributed by atoms with Gasteiger partial charge in [-0.1, -0.05) is 11.6 Å². The van der Waals surface area contributed by atoms with E-state index in [1.807, 2.05) is 26.0 Å². The van der Waals surface area contributed by atoms with Crippen LogP contribution in [0.5, 0.6) is 0 Å². The van der Waals surface area contributed by atoms with Crippen molar-refractivity contribution in [3.8, 4) is 0 Å².